The third-order valence-electron chi connectivity index (χ3n) is 2.52. The van der Waals surface area contributed by atoms with E-state index in [0.29, 0.717) is 0 Å². The molecule has 0 aliphatic rings. The van der Waals surface area contributed by atoms with E-state index < -0.39 is 29.4 Å². The van der Waals surface area contributed by atoms with Crippen molar-refractivity contribution in [1.29, 1.82) is 0 Å². The van der Waals surface area contributed by atoms with Crippen molar-refractivity contribution in [2.45, 2.75) is 0 Å². The van der Waals surface area contributed by atoms with Crippen LogP contribution in [0.25, 0.3) is 0 Å². The summed E-state index contributed by atoms with van der Waals surface area (Å²) in [6, 6.07) is 7.20. The van der Waals surface area contributed by atoms with Crippen LogP contribution in [0.3, 0.4) is 0 Å². The highest BCUT2D eigenvalue weighted by molar-refractivity contribution is 6.40. The first-order valence-corrected chi connectivity index (χ1v) is 6.57. The maximum atomic E-state index is 13.3. The van der Waals surface area contributed by atoms with Gasteiger partial charge in [-0.25, -0.2) is 13.6 Å². The van der Waals surface area contributed by atoms with Crippen LogP contribution in [0.2, 0.25) is 10.0 Å². The van der Waals surface area contributed by atoms with Crippen LogP contribution >= 0.6 is 23.2 Å². The van der Waals surface area contributed by atoms with Crippen molar-refractivity contribution < 1.29 is 23.1 Å². The maximum Gasteiger partial charge on any atom is 0.419 e. The lowest BCUT2D eigenvalue weighted by atomic mass is 10.2. The molecular weight excluding hydrogens is 339 g/mol. The Morgan fingerprint density at radius 2 is 1.45 bits per heavy atom. The molecule has 0 spiro atoms. The lowest BCUT2D eigenvalue weighted by Crippen LogP contribution is -2.33. The molecule has 0 radical (unpaired) electrons. The smallest absolute Gasteiger partial charge is 0.404 e. The number of para-hydroxylation sites is 1. The normalized spacial score (nSPS) is 10.2. The molecule has 4 nitrogen and oxygen atoms in total. The number of carbonyl (C=O) groups is 2. The molecule has 0 unspecified atom stereocenters. The number of benzene rings is 2. The molecule has 0 aliphatic carbocycles. The van der Waals surface area contributed by atoms with Crippen molar-refractivity contribution in [2.24, 2.45) is 0 Å². The van der Waals surface area contributed by atoms with Gasteiger partial charge < -0.3 is 4.74 Å². The van der Waals surface area contributed by atoms with Gasteiger partial charge in [-0.2, -0.15) is 0 Å². The van der Waals surface area contributed by atoms with Gasteiger partial charge in [0.2, 0.25) is 5.75 Å². The molecule has 0 heterocycles. The molecule has 0 bridgehead atoms. The highest BCUT2D eigenvalue weighted by Crippen LogP contribution is 2.24. The molecule has 0 fully saturated rings. The van der Waals surface area contributed by atoms with E-state index in [1.165, 1.54) is 18.2 Å². The minimum absolute atomic E-state index is 0.00914. The monoisotopic (exact) mass is 345 g/mol. The van der Waals surface area contributed by atoms with Crippen LogP contribution in [0.5, 0.6) is 5.75 Å². The standard InChI is InChI=1S/C14H7Cl2F2NO3/c15-7-3-1-4-8(16)11(7)13(20)19-14(21)22-12-9(17)5-2-6-10(12)18/h1-6H,(H,19,20,21). The SMILES string of the molecule is O=C(NC(=O)c1c(Cl)cccc1Cl)Oc1c(F)cccc1F. The minimum atomic E-state index is -1.37. The molecule has 8 heteroatoms. The second kappa shape index (κ2) is 6.72. The van der Waals surface area contributed by atoms with E-state index in [1.54, 1.807) is 5.32 Å². The van der Waals surface area contributed by atoms with Crippen molar-refractivity contribution in [3.63, 3.8) is 0 Å². The van der Waals surface area contributed by atoms with Crippen LogP contribution in [0.4, 0.5) is 13.6 Å². The second-order valence-corrected chi connectivity index (χ2v) is 4.81. The van der Waals surface area contributed by atoms with Crippen molar-refractivity contribution in [2.75, 3.05) is 0 Å². The fourth-order valence-electron chi connectivity index (χ4n) is 1.57. The summed E-state index contributed by atoms with van der Waals surface area (Å²) in [5, 5.41) is 1.80. The topological polar surface area (TPSA) is 55.4 Å². The Morgan fingerprint density at radius 3 is 2.00 bits per heavy atom. The van der Waals surface area contributed by atoms with Crippen LogP contribution in [-0.2, 0) is 0 Å². The number of ether oxygens (including phenoxy) is 1. The fraction of sp³-hybridized carbons (Fsp3) is 0. The Bertz CT molecular complexity index is 712. The van der Waals surface area contributed by atoms with E-state index in [4.69, 9.17) is 23.2 Å². The molecule has 2 amide bonds. The summed E-state index contributed by atoms with van der Waals surface area (Å²) in [5.74, 6) is -4.05. The molecule has 2 aromatic rings. The average molecular weight is 346 g/mol. The van der Waals surface area contributed by atoms with E-state index in [1.807, 2.05) is 0 Å². The first kappa shape index (κ1) is 16.2. The molecule has 1 N–H and O–H groups in total. The first-order chi connectivity index (χ1) is 10.4. The van der Waals surface area contributed by atoms with E-state index in [-0.39, 0.29) is 15.6 Å². The molecule has 2 rings (SSSR count). The Kier molecular flexibility index (Phi) is 4.95. The average Bonchev–Trinajstić information content (AvgIpc) is 2.43. The van der Waals surface area contributed by atoms with Crippen molar-refractivity contribution in [3.8, 4) is 5.75 Å². The summed E-state index contributed by atoms with van der Waals surface area (Å²) in [4.78, 5) is 23.4. The van der Waals surface area contributed by atoms with Gasteiger partial charge in [-0.1, -0.05) is 35.3 Å². The van der Waals surface area contributed by atoms with E-state index in [0.717, 1.165) is 18.2 Å². The van der Waals surface area contributed by atoms with Gasteiger partial charge in [0.15, 0.2) is 11.6 Å². The van der Waals surface area contributed by atoms with Crippen molar-refractivity contribution in [1.82, 2.24) is 5.32 Å². The minimum Gasteiger partial charge on any atom is -0.404 e. The molecular formula is C14H7Cl2F2NO3. The van der Waals surface area contributed by atoms with Crippen LogP contribution in [-0.4, -0.2) is 12.0 Å². The molecule has 114 valence electrons. The zero-order valence-electron chi connectivity index (χ0n) is 10.7. The number of amides is 2. The van der Waals surface area contributed by atoms with Gasteiger partial charge >= 0.3 is 6.09 Å². The van der Waals surface area contributed by atoms with Crippen LogP contribution in [0.15, 0.2) is 36.4 Å². The van der Waals surface area contributed by atoms with Crippen LogP contribution in [0, 0.1) is 11.6 Å². The van der Waals surface area contributed by atoms with Gasteiger partial charge in [0, 0.05) is 0 Å². The van der Waals surface area contributed by atoms with Crippen molar-refractivity contribution >= 4 is 35.2 Å². The highest BCUT2D eigenvalue weighted by atomic mass is 35.5. The molecule has 0 saturated carbocycles. The third-order valence-corrected chi connectivity index (χ3v) is 3.15. The number of hydrogen-bond acceptors (Lipinski definition) is 3. The van der Waals surface area contributed by atoms with Gasteiger partial charge in [0.05, 0.1) is 15.6 Å². The Labute approximate surface area is 133 Å². The van der Waals surface area contributed by atoms with E-state index >= 15 is 0 Å². The van der Waals surface area contributed by atoms with Crippen LogP contribution < -0.4 is 10.1 Å². The van der Waals surface area contributed by atoms with Crippen molar-refractivity contribution in [3.05, 3.63) is 63.6 Å². The van der Waals surface area contributed by atoms with Gasteiger partial charge in [-0.3, -0.25) is 10.1 Å². The molecule has 0 aromatic heterocycles. The van der Waals surface area contributed by atoms with Gasteiger partial charge in [-0.15, -0.1) is 0 Å². The number of halogens is 4. The first-order valence-electron chi connectivity index (χ1n) is 5.81. The summed E-state index contributed by atoms with van der Waals surface area (Å²) in [5.41, 5.74) is -0.156. The predicted molar refractivity (Wildman–Crippen MR) is 76.3 cm³/mol. The zero-order valence-corrected chi connectivity index (χ0v) is 12.2. The lowest BCUT2D eigenvalue weighted by Gasteiger charge is -2.09. The fourth-order valence-corrected chi connectivity index (χ4v) is 2.14. The third kappa shape index (κ3) is 3.52. The second-order valence-electron chi connectivity index (χ2n) is 3.99. The molecule has 0 aliphatic heterocycles. The Balaban J connectivity index is 2.14. The Morgan fingerprint density at radius 1 is 0.955 bits per heavy atom. The molecule has 2 aromatic carbocycles. The summed E-state index contributed by atoms with van der Waals surface area (Å²) in [6.45, 7) is 0. The summed E-state index contributed by atoms with van der Waals surface area (Å²) < 4.78 is 31.1. The summed E-state index contributed by atoms with van der Waals surface area (Å²) in [6.07, 6.45) is -1.37. The largest absolute Gasteiger partial charge is 0.419 e. The molecule has 0 saturated heterocycles. The number of imide groups is 1. The number of carbonyl (C=O) groups excluding carboxylic acids is 2. The van der Waals surface area contributed by atoms with E-state index in [9.17, 15) is 18.4 Å². The molecule has 0 atom stereocenters. The van der Waals surface area contributed by atoms with Gasteiger partial charge in [0.1, 0.15) is 0 Å². The molecule has 22 heavy (non-hydrogen) atoms. The number of nitrogens with one attached hydrogen (secondary N) is 1. The van der Waals surface area contributed by atoms with Gasteiger partial charge in [0.25, 0.3) is 5.91 Å². The summed E-state index contributed by atoms with van der Waals surface area (Å²) >= 11 is 11.6. The quantitative estimate of drug-likeness (QED) is 0.887. The van der Waals surface area contributed by atoms with Gasteiger partial charge in [-0.05, 0) is 24.3 Å². The van der Waals surface area contributed by atoms with E-state index in [2.05, 4.69) is 4.74 Å². The maximum absolute atomic E-state index is 13.3. The number of rotatable bonds is 2. The predicted octanol–water partition coefficient (Wildman–Crippen LogP) is 4.20. The Hall–Kier alpha value is -2.18. The highest BCUT2D eigenvalue weighted by Gasteiger charge is 2.20. The van der Waals surface area contributed by atoms with Crippen LogP contribution in [0.1, 0.15) is 10.4 Å². The number of hydrogen-bond donors (Lipinski definition) is 1. The zero-order chi connectivity index (χ0) is 16.3. The lowest BCUT2D eigenvalue weighted by molar-refractivity contribution is 0.0949. The summed E-state index contributed by atoms with van der Waals surface area (Å²) in [7, 11) is 0.